The molecule has 6 nitrogen and oxygen atoms in total. The molecule has 0 radical (unpaired) electrons. The van der Waals surface area contributed by atoms with Crippen molar-refractivity contribution in [1.82, 2.24) is 0 Å². The zero-order valence-electron chi connectivity index (χ0n) is 12.0. The van der Waals surface area contributed by atoms with Gasteiger partial charge in [0.1, 0.15) is 23.3 Å². The molecule has 0 unspecified atom stereocenters. The van der Waals surface area contributed by atoms with E-state index in [2.05, 4.69) is 9.47 Å². The summed E-state index contributed by atoms with van der Waals surface area (Å²) in [6, 6.07) is 10.0. The highest BCUT2D eigenvalue weighted by Gasteiger charge is 2.09. The fourth-order valence-corrected chi connectivity index (χ4v) is 1.52. The van der Waals surface area contributed by atoms with E-state index in [1.807, 2.05) is 0 Å². The van der Waals surface area contributed by atoms with Gasteiger partial charge in [0.05, 0.1) is 14.2 Å². The van der Waals surface area contributed by atoms with Gasteiger partial charge in [-0.1, -0.05) is 24.3 Å². The van der Waals surface area contributed by atoms with E-state index >= 15 is 0 Å². The highest BCUT2D eigenvalue weighted by atomic mass is 16.5. The predicted molar refractivity (Wildman–Crippen MR) is 77.7 cm³/mol. The Morgan fingerprint density at radius 1 is 0.864 bits per heavy atom. The van der Waals surface area contributed by atoms with Crippen LogP contribution in [0.5, 0.6) is 0 Å². The van der Waals surface area contributed by atoms with E-state index in [4.69, 9.17) is 10.5 Å². The first-order chi connectivity index (χ1) is 10.5. The van der Waals surface area contributed by atoms with Crippen molar-refractivity contribution in [2.75, 3.05) is 14.2 Å². The number of benzene rings is 1. The fourth-order valence-electron chi connectivity index (χ4n) is 1.52. The Hall–Kier alpha value is -3.38. The summed E-state index contributed by atoms with van der Waals surface area (Å²) in [4.78, 5) is 22.6. The van der Waals surface area contributed by atoms with Crippen LogP contribution in [0, 0.1) is 22.7 Å². The third-order valence-electron chi connectivity index (χ3n) is 2.61. The molecule has 1 aromatic carbocycles. The standard InChI is InChI=1S/C16H12N2O4/c1-21-15(19)13(9-17)7-11-3-5-12(6-4-11)8-14(10-18)16(20)22-2/h3-8H,1-2H3/b13-7-,14-8-. The Morgan fingerprint density at radius 2 is 1.18 bits per heavy atom. The number of hydrogen-bond donors (Lipinski definition) is 0. The molecule has 1 rings (SSSR count). The van der Waals surface area contributed by atoms with E-state index in [9.17, 15) is 9.59 Å². The predicted octanol–water partition coefficient (Wildman–Crippen LogP) is 1.85. The van der Waals surface area contributed by atoms with Crippen LogP contribution in [-0.2, 0) is 19.1 Å². The molecule has 0 amide bonds. The van der Waals surface area contributed by atoms with Crippen LogP contribution in [0.3, 0.4) is 0 Å². The minimum Gasteiger partial charge on any atom is -0.465 e. The Labute approximate surface area is 127 Å². The topological polar surface area (TPSA) is 100 Å². The number of ether oxygens (including phenoxy) is 2. The Balaban J connectivity index is 3.06. The van der Waals surface area contributed by atoms with Gasteiger partial charge in [-0.25, -0.2) is 9.59 Å². The van der Waals surface area contributed by atoms with Crippen molar-refractivity contribution >= 4 is 24.1 Å². The van der Waals surface area contributed by atoms with Gasteiger partial charge >= 0.3 is 11.9 Å². The van der Waals surface area contributed by atoms with Gasteiger partial charge in [-0.2, -0.15) is 10.5 Å². The van der Waals surface area contributed by atoms with E-state index < -0.39 is 11.9 Å². The zero-order chi connectivity index (χ0) is 16.5. The molecule has 0 fully saturated rings. The second-order valence-corrected chi connectivity index (χ2v) is 3.99. The largest absolute Gasteiger partial charge is 0.465 e. The molecule has 110 valence electrons. The van der Waals surface area contributed by atoms with Gasteiger partial charge in [0.25, 0.3) is 0 Å². The Morgan fingerprint density at radius 3 is 1.41 bits per heavy atom. The third-order valence-corrected chi connectivity index (χ3v) is 2.61. The monoisotopic (exact) mass is 296 g/mol. The summed E-state index contributed by atoms with van der Waals surface area (Å²) in [7, 11) is 2.38. The average Bonchev–Trinajstić information content (AvgIpc) is 2.57. The van der Waals surface area contributed by atoms with Crippen LogP contribution < -0.4 is 0 Å². The van der Waals surface area contributed by atoms with Crippen molar-refractivity contribution in [2.45, 2.75) is 0 Å². The maximum Gasteiger partial charge on any atom is 0.348 e. The van der Waals surface area contributed by atoms with Crippen LogP contribution >= 0.6 is 0 Å². The molecule has 0 saturated heterocycles. The second kappa shape index (κ2) is 8.03. The molecule has 0 heterocycles. The molecule has 0 atom stereocenters. The van der Waals surface area contributed by atoms with Gasteiger partial charge in [0.15, 0.2) is 0 Å². The fraction of sp³-hybridized carbons (Fsp3) is 0.125. The van der Waals surface area contributed by atoms with Gasteiger partial charge in [-0.15, -0.1) is 0 Å². The lowest BCUT2D eigenvalue weighted by molar-refractivity contribution is -0.136. The molecule has 1 aromatic rings. The number of carbonyl (C=O) groups excluding carboxylic acids is 2. The summed E-state index contributed by atoms with van der Waals surface area (Å²) >= 11 is 0. The molecule has 0 N–H and O–H groups in total. The molecule has 0 bridgehead atoms. The van der Waals surface area contributed by atoms with E-state index in [-0.39, 0.29) is 11.1 Å². The van der Waals surface area contributed by atoms with Crippen LogP contribution in [0.1, 0.15) is 11.1 Å². The van der Waals surface area contributed by atoms with Gasteiger partial charge in [0.2, 0.25) is 0 Å². The van der Waals surface area contributed by atoms with Crippen molar-refractivity contribution in [3.63, 3.8) is 0 Å². The van der Waals surface area contributed by atoms with E-state index in [0.29, 0.717) is 11.1 Å². The summed E-state index contributed by atoms with van der Waals surface area (Å²) in [5, 5.41) is 17.7. The quantitative estimate of drug-likeness (QED) is 0.477. The average molecular weight is 296 g/mol. The molecule has 0 aliphatic rings. The van der Waals surface area contributed by atoms with Crippen LogP contribution in [-0.4, -0.2) is 26.2 Å². The van der Waals surface area contributed by atoms with Crippen molar-refractivity contribution in [2.24, 2.45) is 0 Å². The smallest absolute Gasteiger partial charge is 0.348 e. The first kappa shape index (κ1) is 16.7. The lowest BCUT2D eigenvalue weighted by Gasteiger charge is -2.00. The minimum atomic E-state index is -0.719. The van der Waals surface area contributed by atoms with Crippen LogP contribution in [0.25, 0.3) is 12.2 Å². The second-order valence-electron chi connectivity index (χ2n) is 3.99. The molecule has 0 aliphatic heterocycles. The number of rotatable bonds is 4. The minimum absolute atomic E-state index is 0.127. The summed E-state index contributed by atoms with van der Waals surface area (Å²) in [6.45, 7) is 0. The Kier molecular flexibility index (Phi) is 6.09. The van der Waals surface area contributed by atoms with Gasteiger partial charge in [-0.05, 0) is 23.3 Å². The van der Waals surface area contributed by atoms with Gasteiger partial charge in [-0.3, -0.25) is 0 Å². The third kappa shape index (κ3) is 4.32. The number of carbonyl (C=O) groups is 2. The molecular weight excluding hydrogens is 284 g/mol. The Bertz CT molecular complexity index is 653. The lowest BCUT2D eigenvalue weighted by atomic mass is 10.1. The van der Waals surface area contributed by atoms with Crippen molar-refractivity contribution in [3.8, 4) is 12.1 Å². The van der Waals surface area contributed by atoms with E-state index in [0.717, 1.165) is 0 Å². The molecule has 22 heavy (non-hydrogen) atoms. The van der Waals surface area contributed by atoms with Gasteiger partial charge < -0.3 is 9.47 Å². The molecular formula is C16H12N2O4. The number of hydrogen-bond acceptors (Lipinski definition) is 6. The van der Waals surface area contributed by atoms with Gasteiger partial charge in [0, 0.05) is 0 Å². The first-order valence-electron chi connectivity index (χ1n) is 6.06. The summed E-state index contributed by atoms with van der Waals surface area (Å²) in [5.74, 6) is -1.44. The maximum atomic E-state index is 11.3. The number of nitriles is 2. The van der Waals surface area contributed by atoms with E-state index in [1.165, 1.54) is 26.4 Å². The van der Waals surface area contributed by atoms with Crippen molar-refractivity contribution in [1.29, 1.82) is 10.5 Å². The number of nitrogens with zero attached hydrogens (tertiary/aromatic N) is 2. The number of methoxy groups -OCH3 is 2. The molecule has 0 aliphatic carbocycles. The number of esters is 2. The van der Waals surface area contributed by atoms with Crippen LogP contribution in [0.2, 0.25) is 0 Å². The summed E-state index contributed by atoms with van der Waals surface area (Å²) in [6.07, 6.45) is 2.76. The van der Waals surface area contributed by atoms with Crippen molar-refractivity contribution in [3.05, 3.63) is 46.5 Å². The maximum absolute atomic E-state index is 11.3. The highest BCUT2D eigenvalue weighted by molar-refractivity contribution is 5.98. The summed E-state index contributed by atoms with van der Waals surface area (Å²) < 4.78 is 8.96. The van der Waals surface area contributed by atoms with Crippen LogP contribution in [0.15, 0.2) is 35.4 Å². The first-order valence-corrected chi connectivity index (χ1v) is 6.06. The molecule has 6 heteroatoms. The summed E-state index contributed by atoms with van der Waals surface area (Å²) in [5.41, 5.74) is 0.961. The van der Waals surface area contributed by atoms with Crippen LogP contribution in [0.4, 0.5) is 0 Å². The van der Waals surface area contributed by atoms with E-state index in [1.54, 1.807) is 36.4 Å². The highest BCUT2D eigenvalue weighted by Crippen LogP contribution is 2.13. The lowest BCUT2D eigenvalue weighted by Crippen LogP contribution is -2.02. The van der Waals surface area contributed by atoms with Crippen molar-refractivity contribution < 1.29 is 19.1 Å². The molecule has 0 saturated carbocycles. The molecule has 0 spiro atoms. The molecule has 0 aromatic heterocycles. The zero-order valence-corrected chi connectivity index (χ0v) is 12.0. The normalized spacial score (nSPS) is 11.1. The SMILES string of the molecule is COC(=O)/C(C#N)=C\c1ccc(/C=C(/C#N)C(=O)OC)cc1.